The zero-order valence-corrected chi connectivity index (χ0v) is 28.7. The first kappa shape index (κ1) is 33.9. The molecule has 0 saturated carbocycles. The van der Waals surface area contributed by atoms with E-state index in [0.29, 0.717) is 24.3 Å². The number of imidazole rings is 1. The lowest BCUT2D eigenvalue weighted by Crippen LogP contribution is -2.52. The number of amides is 1. The van der Waals surface area contributed by atoms with Gasteiger partial charge in [-0.15, -0.1) is 0 Å². The van der Waals surface area contributed by atoms with Crippen molar-refractivity contribution in [3.05, 3.63) is 72.2 Å². The molecule has 11 heteroatoms. The molecule has 2 aromatic heterocycles. The molecule has 5 rings (SSSR count). The molecule has 3 heterocycles. The first-order valence-corrected chi connectivity index (χ1v) is 16.5. The van der Waals surface area contributed by atoms with Crippen molar-refractivity contribution in [1.82, 2.24) is 24.4 Å². The summed E-state index contributed by atoms with van der Waals surface area (Å²) in [5.74, 6) is 2.02. The van der Waals surface area contributed by atoms with Crippen molar-refractivity contribution in [2.45, 2.75) is 85.0 Å². The van der Waals surface area contributed by atoms with E-state index in [0.717, 1.165) is 54.9 Å². The second kappa shape index (κ2) is 14.6. The van der Waals surface area contributed by atoms with Gasteiger partial charge in [0.1, 0.15) is 5.82 Å². The molecule has 1 aliphatic rings. The van der Waals surface area contributed by atoms with Crippen molar-refractivity contribution in [2.75, 3.05) is 36.7 Å². The summed E-state index contributed by atoms with van der Waals surface area (Å²) in [6, 6.07) is 16.7. The highest BCUT2D eigenvalue weighted by Crippen LogP contribution is 2.29. The van der Waals surface area contributed by atoms with Crippen LogP contribution in [0.1, 0.15) is 66.4 Å². The summed E-state index contributed by atoms with van der Waals surface area (Å²) in [5.41, 5.74) is 2.66. The van der Waals surface area contributed by atoms with E-state index in [4.69, 9.17) is 14.5 Å². The molecule has 0 unspecified atom stereocenters. The van der Waals surface area contributed by atoms with Gasteiger partial charge in [0.25, 0.3) is 0 Å². The average Bonchev–Trinajstić information content (AvgIpc) is 3.39. The second-order valence-corrected chi connectivity index (χ2v) is 13.7. The Balaban J connectivity index is 1.20. The Hall–Kier alpha value is -4.41. The lowest BCUT2D eigenvalue weighted by atomic mass is 9.90. The fourth-order valence-corrected chi connectivity index (χ4v) is 6.90. The van der Waals surface area contributed by atoms with Gasteiger partial charge in [-0.25, -0.2) is 19.2 Å². The molecule has 0 atom stereocenters. The van der Waals surface area contributed by atoms with Crippen LogP contribution in [0.15, 0.2) is 60.8 Å². The molecule has 2 aromatic carbocycles. The lowest BCUT2D eigenvalue weighted by Gasteiger charge is -2.41. The number of ether oxygens (including phenoxy) is 2. The van der Waals surface area contributed by atoms with Crippen molar-refractivity contribution in [1.29, 1.82) is 0 Å². The highest BCUT2D eigenvalue weighted by molar-refractivity contribution is 5.79. The second-order valence-electron chi connectivity index (χ2n) is 13.7. The maximum Gasteiger partial charge on any atom is 0.413 e. The number of carbonyl (C=O) groups is 1. The zero-order valence-electron chi connectivity index (χ0n) is 28.7. The van der Waals surface area contributed by atoms with Crippen LogP contribution in [0.25, 0.3) is 11.0 Å². The number of para-hydroxylation sites is 2. The number of fused-ring (bicyclic) bond motifs is 1. The maximum atomic E-state index is 13.6. The van der Waals surface area contributed by atoms with Crippen molar-refractivity contribution >= 4 is 29.0 Å². The molecule has 47 heavy (non-hydrogen) atoms. The van der Waals surface area contributed by atoms with Gasteiger partial charge in [-0.2, -0.15) is 4.98 Å². The minimum absolute atomic E-state index is 0.0177. The Morgan fingerprint density at radius 1 is 1.02 bits per heavy atom. The molecule has 0 N–H and O–H groups in total. The molecule has 0 bridgehead atoms. The standard InChI is InChI=1S/C36H48FN7O3/c1-25(2)22-36(5,6)44(26(3)4)35(45)47-24-46-32-16-19-38-33(40-32)41(7)29-17-20-42(21-18-29)34-39-30-10-8-9-11-31(30)43(34)23-27-12-14-28(37)15-13-27/h8-16,19,25-26,29H,17-18,20-24H2,1-7H3. The minimum Gasteiger partial charge on any atom is -0.440 e. The smallest absolute Gasteiger partial charge is 0.413 e. The third-order valence-corrected chi connectivity index (χ3v) is 8.78. The number of rotatable bonds is 12. The highest BCUT2D eigenvalue weighted by atomic mass is 19.1. The number of carbonyl (C=O) groups excluding carboxylic acids is 1. The van der Waals surface area contributed by atoms with Gasteiger partial charge in [-0.05, 0) is 82.7 Å². The SMILES string of the molecule is CC(C)CC(C)(C)N(C(=O)OCOc1ccnc(N(C)C2CCN(c3nc4ccccc4n3Cc3ccc(F)cc3)CC2)n1)C(C)C. The molecule has 0 aliphatic carbocycles. The van der Waals surface area contributed by atoms with Gasteiger partial charge in [0.2, 0.25) is 24.6 Å². The topological polar surface area (TPSA) is 88.9 Å². The minimum atomic E-state index is -0.407. The summed E-state index contributed by atoms with van der Waals surface area (Å²) in [5, 5.41) is 0. The van der Waals surface area contributed by atoms with E-state index in [9.17, 15) is 9.18 Å². The van der Waals surface area contributed by atoms with Gasteiger partial charge >= 0.3 is 6.09 Å². The number of hydrogen-bond donors (Lipinski definition) is 0. The maximum absolute atomic E-state index is 13.6. The fraction of sp³-hybridized carbons (Fsp3) is 0.500. The summed E-state index contributed by atoms with van der Waals surface area (Å²) in [7, 11) is 2.00. The number of hydrogen-bond acceptors (Lipinski definition) is 8. The van der Waals surface area contributed by atoms with Crippen LogP contribution in [-0.4, -0.2) is 75.1 Å². The van der Waals surface area contributed by atoms with Gasteiger partial charge < -0.3 is 28.7 Å². The summed E-state index contributed by atoms with van der Waals surface area (Å²) in [6.07, 6.45) is 3.89. The van der Waals surface area contributed by atoms with Crippen molar-refractivity contribution in [2.24, 2.45) is 5.92 Å². The molecule has 4 aromatic rings. The van der Waals surface area contributed by atoms with Gasteiger partial charge in [0, 0.05) is 50.0 Å². The quantitative estimate of drug-likeness (QED) is 0.151. The molecule has 1 amide bonds. The van der Waals surface area contributed by atoms with Crippen LogP contribution in [0.4, 0.5) is 21.1 Å². The van der Waals surface area contributed by atoms with Crippen molar-refractivity contribution in [3.63, 3.8) is 0 Å². The number of benzene rings is 2. The first-order valence-electron chi connectivity index (χ1n) is 16.5. The molecule has 1 fully saturated rings. The van der Waals surface area contributed by atoms with Crippen LogP contribution in [0.5, 0.6) is 5.88 Å². The molecular weight excluding hydrogens is 597 g/mol. The predicted molar refractivity (Wildman–Crippen MR) is 183 cm³/mol. The van der Waals surface area contributed by atoms with Gasteiger partial charge in [-0.1, -0.05) is 38.1 Å². The van der Waals surface area contributed by atoms with Crippen LogP contribution in [0.2, 0.25) is 0 Å². The number of nitrogens with zero attached hydrogens (tertiary/aromatic N) is 7. The average molecular weight is 646 g/mol. The number of piperidine rings is 1. The lowest BCUT2D eigenvalue weighted by molar-refractivity contribution is -0.00159. The van der Waals surface area contributed by atoms with E-state index in [1.54, 1.807) is 17.2 Å². The molecule has 1 saturated heterocycles. The van der Waals surface area contributed by atoms with Gasteiger partial charge in [0.15, 0.2) is 0 Å². The van der Waals surface area contributed by atoms with Crippen molar-refractivity contribution < 1.29 is 18.7 Å². The monoisotopic (exact) mass is 645 g/mol. The van der Waals surface area contributed by atoms with Crippen LogP contribution in [-0.2, 0) is 11.3 Å². The zero-order chi connectivity index (χ0) is 33.7. The molecule has 1 aliphatic heterocycles. The van der Waals surface area contributed by atoms with Gasteiger partial charge in [0.05, 0.1) is 17.6 Å². The van der Waals surface area contributed by atoms with E-state index in [-0.39, 0.29) is 30.2 Å². The fourth-order valence-electron chi connectivity index (χ4n) is 6.90. The van der Waals surface area contributed by atoms with E-state index in [1.807, 2.05) is 51.2 Å². The molecule has 252 valence electrons. The van der Waals surface area contributed by atoms with E-state index in [2.05, 4.69) is 58.1 Å². The predicted octanol–water partition coefficient (Wildman–Crippen LogP) is 7.13. The largest absolute Gasteiger partial charge is 0.440 e. The molecule has 0 spiro atoms. The van der Waals surface area contributed by atoms with E-state index >= 15 is 0 Å². The van der Waals surface area contributed by atoms with Crippen LogP contribution in [0, 0.1) is 11.7 Å². The third-order valence-electron chi connectivity index (χ3n) is 8.78. The molecular formula is C36H48FN7O3. The molecule has 0 radical (unpaired) electrons. The summed E-state index contributed by atoms with van der Waals surface area (Å²) < 4.78 is 27.1. The Kier molecular flexibility index (Phi) is 10.5. The van der Waals surface area contributed by atoms with Crippen LogP contribution >= 0.6 is 0 Å². The summed E-state index contributed by atoms with van der Waals surface area (Å²) in [4.78, 5) is 33.4. The number of anilines is 2. The van der Waals surface area contributed by atoms with Crippen LogP contribution < -0.4 is 14.5 Å². The van der Waals surface area contributed by atoms with Crippen LogP contribution in [0.3, 0.4) is 0 Å². The normalized spacial score (nSPS) is 14.2. The van der Waals surface area contributed by atoms with Crippen molar-refractivity contribution in [3.8, 4) is 5.88 Å². The first-order chi connectivity index (χ1) is 22.4. The summed E-state index contributed by atoms with van der Waals surface area (Å²) in [6.45, 7) is 14.4. The Bertz CT molecular complexity index is 1630. The Labute approximate surface area is 277 Å². The number of aromatic nitrogens is 4. The highest BCUT2D eigenvalue weighted by Gasteiger charge is 2.35. The molecule has 10 nitrogen and oxygen atoms in total. The summed E-state index contributed by atoms with van der Waals surface area (Å²) >= 11 is 0. The third kappa shape index (κ3) is 8.12. The Morgan fingerprint density at radius 2 is 1.72 bits per heavy atom. The van der Waals surface area contributed by atoms with Gasteiger partial charge in [-0.3, -0.25) is 0 Å². The van der Waals surface area contributed by atoms with E-state index < -0.39 is 6.09 Å². The van der Waals surface area contributed by atoms with E-state index in [1.165, 1.54) is 12.1 Å². The Morgan fingerprint density at radius 3 is 2.40 bits per heavy atom. The number of halogens is 1.